The molecule has 12 aliphatic heterocycles. The zero-order valence-electron chi connectivity index (χ0n) is 77.3. The smallest absolute Gasteiger partial charge is 0.457 e. The first-order chi connectivity index (χ1) is 67.3. The van der Waals surface area contributed by atoms with Crippen molar-refractivity contribution in [3.63, 3.8) is 0 Å². The summed E-state index contributed by atoms with van der Waals surface area (Å²) in [5.74, 6) is -9.81. The SMILES string of the molecule is C[C@@H]1NP(=O)(Oc2ccccc2)OC[C@H]2O[C@@H](N3C=CC(=O)CC3=O)C[C@@H]2OC(=O)[C@H](C)OC1=O.C[C@@H]1NP(=O)(Oc2ccccc2)OC[C@H]2O[C@@H](N3C=CC(=O)CC3=O)[C@](C)(F)[C@@H]2OC(=O)[C@H](C)OC1=O.C[C@@H]1N[P@@](=O)(Oc2ccccc2)OC[C@H]2O[C@@H](N3C=CC(=O)CC3=O)C[C@@H]2OC(=O)[C@H](C)OC1=O.C[C@@H]1N[P@](=O)(Oc2ccccc2)OC[C@H]2O[C@@H](N3C=CC(=O)CC3=O)C[C@@H]2OC(=O)[C@H](C)OC1=O. The van der Waals surface area contributed by atoms with E-state index in [0.717, 1.165) is 24.1 Å². The Morgan fingerprint density at radius 3 is 0.782 bits per heavy atom. The second-order valence-electron chi connectivity index (χ2n) is 33.6. The van der Waals surface area contributed by atoms with Gasteiger partial charge in [0.15, 0.2) is 65.5 Å². The highest BCUT2D eigenvalue weighted by Gasteiger charge is 2.62. The Labute approximate surface area is 809 Å². The van der Waals surface area contributed by atoms with E-state index in [9.17, 15) is 95.0 Å². The Kier molecular flexibility index (Phi) is 35.0. The van der Waals surface area contributed by atoms with Gasteiger partial charge in [-0.3, -0.25) is 95.2 Å². The molecule has 0 saturated carbocycles. The number of rotatable bonds is 12. The average molecular weight is 2070 g/mol. The molecule has 4 amide bonds. The van der Waals surface area contributed by atoms with Crippen LogP contribution in [-0.4, -0.2) is 269 Å². The zero-order chi connectivity index (χ0) is 102. The Morgan fingerprint density at radius 1 is 0.303 bits per heavy atom. The molecule has 53 heteroatoms. The summed E-state index contributed by atoms with van der Waals surface area (Å²) in [7, 11) is -16.8. The Bertz CT molecular complexity index is 5370. The topological polar surface area (TPSA) is 587 Å². The molecule has 2 unspecified atom stereocenters. The molecule has 4 aromatic rings. The fourth-order valence-corrected chi connectivity index (χ4v) is 21.1. The molecule has 25 atom stereocenters. The third-order valence-corrected chi connectivity index (χ3v) is 29.0. The van der Waals surface area contributed by atoms with Crippen molar-refractivity contribution < 1.29 is 192 Å². The number of hydrogen-bond donors (Lipinski definition) is 4. The van der Waals surface area contributed by atoms with E-state index in [-0.39, 0.29) is 98.7 Å². The largest absolute Gasteiger partial charge is 0.459 e. The molecule has 12 heterocycles. The van der Waals surface area contributed by atoms with Crippen molar-refractivity contribution in [2.75, 3.05) is 26.4 Å². The average Bonchev–Trinajstić information content (AvgIpc) is 1.60. The second kappa shape index (κ2) is 46.4. The highest BCUT2D eigenvalue weighted by atomic mass is 31.2. The highest BCUT2D eigenvalue weighted by Crippen LogP contribution is 2.52. The number of amides is 4. The maximum Gasteiger partial charge on any atom is 0.459 e. The van der Waals surface area contributed by atoms with Crippen LogP contribution in [0.1, 0.15) is 107 Å². The summed E-state index contributed by atoms with van der Waals surface area (Å²) in [6, 6.07) is 27.9. The van der Waals surface area contributed by atoms with Crippen LogP contribution in [0.4, 0.5) is 4.39 Å². The number of carbonyl (C=O) groups excluding carboxylic acids is 16. The molecule has 0 aromatic heterocycles. The number of carbonyl (C=O) groups is 16. The third-order valence-electron chi connectivity index (χ3n) is 22.4. The van der Waals surface area contributed by atoms with Gasteiger partial charge >= 0.3 is 78.7 Å². The number of para-hydroxylation sites is 4. The molecule has 8 fully saturated rings. The summed E-state index contributed by atoms with van der Waals surface area (Å²) in [5, 5.41) is 10.0. The molecule has 4 aromatic carbocycles. The molecule has 0 spiro atoms. The lowest BCUT2D eigenvalue weighted by atomic mass is 9.97. The summed E-state index contributed by atoms with van der Waals surface area (Å²) in [5.41, 5.74) is -2.51. The predicted octanol–water partition coefficient (Wildman–Crippen LogP) is 6.16. The quantitative estimate of drug-likeness (QED) is 0.0534. The zero-order valence-corrected chi connectivity index (χ0v) is 80.9. The number of allylic oxidation sites excluding steroid dienone is 4. The van der Waals surface area contributed by atoms with E-state index in [2.05, 4.69) is 20.3 Å². The first-order valence-corrected chi connectivity index (χ1v) is 50.6. The third kappa shape index (κ3) is 27.8. The van der Waals surface area contributed by atoms with Crippen LogP contribution in [0.25, 0.3) is 0 Å². The number of ketones is 4. The summed E-state index contributed by atoms with van der Waals surface area (Å²) in [4.78, 5) is 200. The standard InChI is InChI=1S/C23H26FN2O10P.3C22H25N2O10P/c1-13-20(29)33-14(2)21(30)35-19-17(12-32-37(31,25-13)36-16-7-5-4-6-8-16)34-22(23(19,3)24)26-10-9-15(27)11-18(26)28;3*1-13-21(27)31-14(2)22(28)33-17-11-20(24-9-8-15(25)10-19(24)26)32-18(17)12-30-35(29,23-13)34-16-6-4-3-5-7-16/h4-10,13-14,17,19,22H,11-12H2,1-3H3,(H,25,31);3*3-9,13-14,17-18,20H,10-12H2,1-2H3,(H,23,29)/t13-,14-,17+,19+,22+,23+,37?;13-,14-,17-,18+,20+,35?;13-,14-,17-,18+,20+,35+;13-,14-,17-,18+,20+,35-/m0000/s1. The number of benzene rings is 4. The van der Waals surface area contributed by atoms with Crippen molar-refractivity contribution in [2.45, 2.75) is 235 Å². The first kappa shape index (κ1) is 107. The van der Waals surface area contributed by atoms with Gasteiger partial charge in [-0.15, -0.1) is 0 Å². The van der Waals surface area contributed by atoms with Gasteiger partial charge in [0.25, 0.3) is 0 Å². The van der Waals surface area contributed by atoms with Gasteiger partial charge in [0.2, 0.25) is 23.6 Å². The van der Waals surface area contributed by atoms with Gasteiger partial charge in [0.1, 0.15) is 109 Å². The molecule has 4 N–H and O–H groups in total. The number of nitrogens with one attached hydrogen (secondary N) is 4. The second-order valence-corrected chi connectivity index (χ2v) is 40.4. The van der Waals surface area contributed by atoms with E-state index in [0.29, 0.717) is 0 Å². The van der Waals surface area contributed by atoms with Crippen molar-refractivity contribution in [2.24, 2.45) is 0 Å². The Balaban J connectivity index is 0.000000159. The van der Waals surface area contributed by atoms with Gasteiger partial charge < -0.3 is 74.9 Å². The van der Waals surface area contributed by atoms with Crippen LogP contribution in [0, 0.1) is 0 Å². The molecule has 764 valence electrons. The lowest BCUT2D eigenvalue weighted by molar-refractivity contribution is -0.177. The van der Waals surface area contributed by atoms with E-state index in [4.69, 9.17) is 93.0 Å². The summed E-state index contributed by atoms with van der Waals surface area (Å²) >= 11 is 0. The van der Waals surface area contributed by atoms with E-state index >= 15 is 4.39 Å². The lowest BCUT2D eigenvalue weighted by Crippen LogP contribution is -2.53. The number of nitrogens with zero attached hydrogens (tertiary/aromatic N) is 4. The van der Waals surface area contributed by atoms with Crippen molar-refractivity contribution in [3.05, 3.63) is 170 Å². The minimum atomic E-state index is -4.31. The monoisotopic (exact) mass is 2060 g/mol. The first-order valence-electron chi connectivity index (χ1n) is 44.4. The van der Waals surface area contributed by atoms with Crippen molar-refractivity contribution in [3.8, 4) is 23.0 Å². The molecule has 16 rings (SSSR count). The maximum atomic E-state index is 16.2. The van der Waals surface area contributed by atoms with E-state index in [1.54, 1.807) is 109 Å². The van der Waals surface area contributed by atoms with Crippen LogP contribution < -0.4 is 38.4 Å². The van der Waals surface area contributed by atoms with Crippen LogP contribution in [-0.2, 0) is 170 Å². The van der Waals surface area contributed by atoms with Crippen molar-refractivity contribution in [1.82, 2.24) is 39.9 Å². The van der Waals surface area contributed by atoms with Crippen LogP contribution >= 0.6 is 31.0 Å². The van der Waals surface area contributed by atoms with Gasteiger partial charge in [-0.2, -0.15) is 20.3 Å². The fourth-order valence-electron chi connectivity index (χ4n) is 15.1. The fraction of sp³-hybridized carbons (Fsp3) is 0.461. The van der Waals surface area contributed by atoms with Crippen molar-refractivity contribution >= 4 is 126 Å². The van der Waals surface area contributed by atoms with Gasteiger partial charge in [-0.25, -0.2) is 41.8 Å². The Hall–Kier alpha value is -12.3. The molecular weight excluding hydrogens is 1960 g/mol. The summed E-state index contributed by atoms with van der Waals surface area (Å²) in [6.45, 7) is 10.1. The minimum Gasteiger partial charge on any atom is -0.457 e. The molecule has 8 saturated heterocycles. The molecular formula is C89H101FN8O40P4. The molecule has 142 heavy (non-hydrogen) atoms. The number of esters is 8. The normalized spacial score (nSPS) is 35.1. The molecule has 12 aliphatic rings. The van der Waals surface area contributed by atoms with Crippen molar-refractivity contribution in [1.29, 1.82) is 0 Å². The van der Waals surface area contributed by atoms with E-state index in [1.807, 2.05) is 0 Å². The molecule has 0 radical (unpaired) electrons. The number of hydrogen-bond acceptors (Lipinski definition) is 40. The van der Waals surface area contributed by atoms with Gasteiger partial charge in [0.05, 0.1) is 52.1 Å². The molecule has 0 aliphatic carbocycles. The Morgan fingerprint density at radius 2 is 0.535 bits per heavy atom. The number of fused-ring (bicyclic) bond motifs is 4. The van der Waals surface area contributed by atoms with Gasteiger partial charge in [0, 0.05) is 44.1 Å². The van der Waals surface area contributed by atoms with E-state index in [1.165, 1.54) is 119 Å². The van der Waals surface area contributed by atoms with Crippen LogP contribution in [0.3, 0.4) is 0 Å². The number of cyclic esters (lactones) is 4. The highest BCUT2D eigenvalue weighted by molar-refractivity contribution is 7.53. The van der Waals surface area contributed by atoms with Gasteiger partial charge in [-0.05, 0) is 135 Å². The number of alkyl halides is 1. The predicted molar refractivity (Wildman–Crippen MR) is 475 cm³/mol. The molecule has 0 bridgehead atoms. The van der Waals surface area contributed by atoms with Crippen LogP contribution in [0.2, 0.25) is 0 Å². The number of ether oxygens (including phenoxy) is 12. The van der Waals surface area contributed by atoms with Crippen LogP contribution in [0.5, 0.6) is 23.0 Å². The lowest BCUT2D eigenvalue weighted by Gasteiger charge is -2.34. The maximum absolute atomic E-state index is 16.2. The van der Waals surface area contributed by atoms with E-state index < -0.39 is 249 Å². The minimum absolute atomic E-state index is 0.0539. The van der Waals surface area contributed by atoms with Gasteiger partial charge in [-0.1, -0.05) is 72.8 Å². The summed E-state index contributed by atoms with van der Waals surface area (Å²) < 4.78 is 181. The van der Waals surface area contributed by atoms with Crippen LogP contribution in [0.15, 0.2) is 170 Å². The summed E-state index contributed by atoms with van der Waals surface area (Å²) in [6.07, 6.45) is -9.37. The molecule has 48 nitrogen and oxygen atoms in total. The number of halogens is 1.